The molecule has 5 nitrogen and oxygen atoms in total. The van der Waals surface area contributed by atoms with Crippen LogP contribution >= 0.6 is 8.25 Å². The molecule has 0 radical (unpaired) electrons. The average molecular weight is 388 g/mol. The number of nitrogens with one attached hydrogen (secondary N) is 1. The molecule has 0 spiro atoms. The zero-order valence-corrected chi connectivity index (χ0v) is 14.4. The zero-order valence-electron chi connectivity index (χ0n) is 13.5. The van der Waals surface area contributed by atoms with Crippen LogP contribution in [0.3, 0.4) is 0 Å². The van der Waals surface area contributed by atoms with Gasteiger partial charge in [-0.25, -0.2) is 0 Å². The summed E-state index contributed by atoms with van der Waals surface area (Å²) < 4.78 is 90.6. The zero-order chi connectivity index (χ0) is 19.6. The Balaban J connectivity index is 0.00000118. The highest BCUT2D eigenvalue weighted by atomic mass is 31.1. The summed E-state index contributed by atoms with van der Waals surface area (Å²) in [6, 6.07) is 0. The van der Waals surface area contributed by atoms with E-state index in [1.807, 2.05) is 0 Å². The Morgan fingerprint density at radius 1 is 1.00 bits per heavy atom. The Hall–Kier alpha value is -0.480. The van der Waals surface area contributed by atoms with Crippen LogP contribution in [0, 0.1) is 0 Å². The molecule has 3 N–H and O–H groups in total. The Morgan fingerprint density at radius 3 is 1.58 bits per heavy atom. The maximum Gasteiger partial charge on any atom is 0.692 e. The molecule has 0 saturated carbocycles. The molecule has 1 rings (SSSR count). The third-order valence-electron chi connectivity index (χ3n) is 3.54. The summed E-state index contributed by atoms with van der Waals surface area (Å²) in [7, 11) is -2.87. The number of hydrogen-bond acceptors (Lipinski definition) is 3. The first-order chi connectivity index (χ1) is 10.3. The summed E-state index contributed by atoms with van der Waals surface area (Å²) in [5, 5.41) is 2.46. The van der Waals surface area contributed by atoms with E-state index in [4.69, 9.17) is 19.1 Å². The van der Waals surface area contributed by atoms with Gasteiger partial charge in [0.1, 0.15) is 0 Å². The first kappa shape index (κ1) is 23.5. The lowest BCUT2D eigenvalue weighted by Crippen LogP contribution is -2.72. The van der Waals surface area contributed by atoms with Crippen molar-refractivity contribution < 1.29 is 45.4 Å². The highest BCUT2D eigenvalue weighted by molar-refractivity contribution is 7.30. The van der Waals surface area contributed by atoms with Gasteiger partial charge in [0.2, 0.25) is 0 Å². The Kier molecular flexibility index (Phi) is 7.26. The van der Waals surface area contributed by atoms with E-state index in [0.29, 0.717) is 0 Å². The Labute approximate surface area is 136 Å². The maximum absolute atomic E-state index is 12.7. The lowest BCUT2D eigenvalue weighted by atomic mass is 9.73. The van der Waals surface area contributed by atoms with Crippen molar-refractivity contribution in [3.63, 3.8) is 0 Å². The fourth-order valence-electron chi connectivity index (χ4n) is 2.72. The van der Waals surface area contributed by atoms with E-state index in [2.05, 4.69) is 5.32 Å². The van der Waals surface area contributed by atoms with Crippen molar-refractivity contribution >= 4 is 8.25 Å². The summed E-state index contributed by atoms with van der Waals surface area (Å²) in [6.45, 7) is 5.68. The van der Waals surface area contributed by atoms with Gasteiger partial charge in [-0.2, -0.15) is 26.3 Å². The summed E-state index contributed by atoms with van der Waals surface area (Å²) in [4.78, 5) is 14.2. The number of ether oxygens (including phenoxy) is 1. The van der Waals surface area contributed by atoms with Crippen LogP contribution < -0.4 is 5.32 Å². The number of rotatable bonds is 2. The quantitative estimate of drug-likeness (QED) is 0.499. The van der Waals surface area contributed by atoms with Gasteiger partial charge in [-0.1, -0.05) is 0 Å². The van der Waals surface area contributed by atoms with Gasteiger partial charge >= 0.3 is 20.6 Å². The largest absolute Gasteiger partial charge is 0.692 e. The number of alkyl halides is 6. The molecule has 0 aromatic rings. The van der Waals surface area contributed by atoms with E-state index in [1.54, 1.807) is 13.8 Å². The highest BCUT2D eigenvalue weighted by Gasteiger charge is 2.60. The summed E-state index contributed by atoms with van der Waals surface area (Å²) in [5.41, 5.74) is -4.66. The Bertz CT molecular complexity index is 430. The smallest absolute Gasteiger partial charge is 0.366 e. The van der Waals surface area contributed by atoms with Crippen molar-refractivity contribution in [2.75, 3.05) is 6.54 Å². The van der Waals surface area contributed by atoms with Crippen LogP contribution in [0.15, 0.2) is 0 Å². The average Bonchev–Trinajstić information content (AvgIpc) is 2.17. The molecule has 1 aliphatic rings. The molecule has 1 fully saturated rings. The van der Waals surface area contributed by atoms with Crippen LogP contribution in [0.25, 0.3) is 0 Å². The summed E-state index contributed by atoms with van der Waals surface area (Å²) in [5.74, 6) is 0. The molecule has 144 valence electrons. The standard InChI is InChI=1S/C12H19F6NO.HO3P/c1-8(2)7-19-10(5-11(13,14)15,6-12(16,17)18)9(3,4)20-8;1-4(2)3/h19H,5-7H2,1-4H3;(H-,1,2,3)/p+1. The lowest BCUT2D eigenvalue weighted by molar-refractivity contribution is -0.259. The first-order valence-corrected chi connectivity index (χ1v) is 7.91. The van der Waals surface area contributed by atoms with E-state index < -0.39 is 50.2 Å². The maximum atomic E-state index is 12.7. The normalized spacial score (nSPS) is 22.3. The molecule has 0 aromatic carbocycles. The molecule has 12 heteroatoms. The summed E-state index contributed by atoms with van der Waals surface area (Å²) in [6.07, 6.45) is -12.6. The molecule has 0 bridgehead atoms. The number of morpholine rings is 1. The number of hydrogen-bond donors (Lipinski definition) is 3. The van der Waals surface area contributed by atoms with E-state index in [9.17, 15) is 26.3 Å². The molecule has 0 unspecified atom stereocenters. The van der Waals surface area contributed by atoms with Crippen LogP contribution in [0.4, 0.5) is 26.3 Å². The minimum atomic E-state index is -4.72. The van der Waals surface area contributed by atoms with E-state index in [-0.39, 0.29) is 6.54 Å². The van der Waals surface area contributed by atoms with Gasteiger partial charge in [0.05, 0.1) is 29.6 Å². The van der Waals surface area contributed by atoms with E-state index in [1.165, 1.54) is 13.8 Å². The van der Waals surface area contributed by atoms with Gasteiger partial charge in [-0.3, -0.25) is 0 Å². The fraction of sp³-hybridized carbons (Fsp3) is 1.00. The van der Waals surface area contributed by atoms with Crippen molar-refractivity contribution in [2.45, 2.75) is 69.6 Å². The van der Waals surface area contributed by atoms with Crippen molar-refractivity contribution in [1.82, 2.24) is 5.32 Å². The Morgan fingerprint density at radius 2 is 1.33 bits per heavy atom. The first-order valence-electron chi connectivity index (χ1n) is 6.75. The fourth-order valence-corrected chi connectivity index (χ4v) is 2.72. The van der Waals surface area contributed by atoms with Crippen LogP contribution in [0.5, 0.6) is 0 Å². The van der Waals surface area contributed by atoms with Gasteiger partial charge < -0.3 is 10.1 Å². The lowest BCUT2D eigenvalue weighted by Gasteiger charge is -2.55. The monoisotopic (exact) mass is 388 g/mol. The minimum absolute atomic E-state index is 0.0808. The van der Waals surface area contributed by atoms with Gasteiger partial charge in [0.25, 0.3) is 0 Å². The summed E-state index contributed by atoms with van der Waals surface area (Å²) >= 11 is 0. The highest BCUT2D eigenvalue weighted by Crippen LogP contribution is 2.46. The van der Waals surface area contributed by atoms with Crippen LogP contribution in [-0.4, -0.2) is 45.4 Å². The molecular weight excluding hydrogens is 367 g/mol. The second-order valence-electron chi connectivity index (χ2n) is 6.64. The molecular formula is C12H21F6NO4P+. The van der Waals surface area contributed by atoms with Crippen LogP contribution in [-0.2, 0) is 9.30 Å². The van der Waals surface area contributed by atoms with Crippen molar-refractivity contribution in [1.29, 1.82) is 0 Å². The molecule has 24 heavy (non-hydrogen) atoms. The predicted octanol–water partition coefficient (Wildman–Crippen LogP) is 3.44. The molecule has 0 aliphatic carbocycles. The van der Waals surface area contributed by atoms with Gasteiger partial charge in [-0.15, -0.1) is 9.79 Å². The van der Waals surface area contributed by atoms with E-state index >= 15 is 0 Å². The van der Waals surface area contributed by atoms with E-state index in [0.717, 1.165) is 0 Å². The molecule has 0 aromatic heterocycles. The third kappa shape index (κ3) is 8.06. The van der Waals surface area contributed by atoms with Crippen LogP contribution in [0.1, 0.15) is 40.5 Å². The van der Waals surface area contributed by atoms with Crippen molar-refractivity contribution in [2.24, 2.45) is 0 Å². The molecule has 0 atom stereocenters. The SMILES string of the molecule is CC1(C)CNC(CC(F)(F)F)(CC(F)(F)F)C(C)(C)O1.O=[P+](O)O. The predicted molar refractivity (Wildman–Crippen MR) is 73.4 cm³/mol. The van der Waals surface area contributed by atoms with Crippen molar-refractivity contribution in [3.05, 3.63) is 0 Å². The molecule has 1 saturated heterocycles. The number of halogens is 6. The second kappa shape index (κ2) is 7.41. The molecule has 0 amide bonds. The van der Waals surface area contributed by atoms with Gasteiger partial charge in [-0.05, 0) is 27.7 Å². The van der Waals surface area contributed by atoms with Gasteiger partial charge in [0, 0.05) is 11.1 Å². The molecule has 1 aliphatic heterocycles. The van der Waals surface area contributed by atoms with Crippen molar-refractivity contribution in [3.8, 4) is 0 Å². The second-order valence-corrected chi connectivity index (χ2v) is 7.15. The minimum Gasteiger partial charge on any atom is -0.366 e. The van der Waals surface area contributed by atoms with Crippen LogP contribution in [0.2, 0.25) is 0 Å². The molecule has 1 heterocycles. The third-order valence-corrected chi connectivity index (χ3v) is 3.54. The van der Waals surface area contributed by atoms with Gasteiger partial charge in [0.15, 0.2) is 0 Å². The topological polar surface area (TPSA) is 78.8 Å².